The second-order valence-electron chi connectivity index (χ2n) is 3.82. The fourth-order valence-electron chi connectivity index (χ4n) is 1.60. The Bertz CT molecular complexity index is 144. The Morgan fingerprint density at radius 3 is 2.83 bits per heavy atom. The maximum absolute atomic E-state index is 11.6. The lowest BCUT2D eigenvalue weighted by Gasteiger charge is -2.14. The number of hydrogen-bond donors (Lipinski definition) is 0. The highest BCUT2D eigenvalue weighted by atomic mass is 16.5. The maximum atomic E-state index is 11.6. The molecular formula is C10H18O2. The van der Waals surface area contributed by atoms with Crippen molar-refractivity contribution < 1.29 is 9.53 Å². The van der Waals surface area contributed by atoms with Gasteiger partial charge in [0.25, 0.3) is 0 Å². The van der Waals surface area contributed by atoms with E-state index in [0.717, 1.165) is 25.9 Å². The van der Waals surface area contributed by atoms with Crippen LogP contribution in [0.15, 0.2) is 0 Å². The quantitative estimate of drug-likeness (QED) is 0.634. The lowest BCUT2D eigenvalue weighted by atomic mass is 9.92. The van der Waals surface area contributed by atoms with Crippen LogP contribution >= 0.6 is 0 Å². The number of carbonyl (C=O) groups excluding carboxylic acids is 1. The lowest BCUT2D eigenvalue weighted by Crippen LogP contribution is -2.23. The Morgan fingerprint density at radius 1 is 1.42 bits per heavy atom. The molecule has 0 aromatic rings. The smallest absolute Gasteiger partial charge is 0.140 e. The van der Waals surface area contributed by atoms with Crippen LogP contribution in [-0.2, 0) is 9.53 Å². The van der Waals surface area contributed by atoms with Crippen LogP contribution in [0.4, 0.5) is 0 Å². The minimum absolute atomic E-state index is 0.164. The minimum Gasteiger partial charge on any atom is -0.381 e. The van der Waals surface area contributed by atoms with Crippen molar-refractivity contribution in [3.63, 3.8) is 0 Å². The van der Waals surface area contributed by atoms with E-state index < -0.39 is 0 Å². The average molecular weight is 170 g/mol. The molecule has 0 aromatic heterocycles. The molecule has 0 aliphatic carbocycles. The lowest BCUT2D eigenvalue weighted by molar-refractivity contribution is -0.127. The summed E-state index contributed by atoms with van der Waals surface area (Å²) in [5.74, 6) is 0.709. The van der Waals surface area contributed by atoms with Crippen molar-refractivity contribution in [2.24, 2.45) is 11.8 Å². The third kappa shape index (κ3) is 2.59. The third-order valence-electron chi connectivity index (χ3n) is 2.38. The SMILES string of the molecule is CC(C)C(=O)C1CCCCOC1. The average Bonchev–Trinajstić information content (AvgIpc) is 2.30. The zero-order valence-corrected chi connectivity index (χ0v) is 8.01. The molecule has 0 spiro atoms. The Morgan fingerprint density at radius 2 is 2.17 bits per heavy atom. The summed E-state index contributed by atoms with van der Waals surface area (Å²) in [6, 6.07) is 0. The molecule has 0 radical (unpaired) electrons. The fraction of sp³-hybridized carbons (Fsp3) is 0.900. The van der Waals surface area contributed by atoms with E-state index in [1.54, 1.807) is 0 Å². The minimum atomic E-state index is 0.164. The molecule has 0 amide bonds. The highest BCUT2D eigenvalue weighted by Crippen LogP contribution is 2.18. The highest BCUT2D eigenvalue weighted by molar-refractivity contribution is 5.82. The van der Waals surface area contributed by atoms with Crippen molar-refractivity contribution in [1.29, 1.82) is 0 Å². The van der Waals surface area contributed by atoms with E-state index in [9.17, 15) is 4.79 Å². The number of carbonyl (C=O) groups is 1. The van der Waals surface area contributed by atoms with Gasteiger partial charge in [0.2, 0.25) is 0 Å². The van der Waals surface area contributed by atoms with Gasteiger partial charge in [-0.2, -0.15) is 0 Å². The standard InChI is InChI=1S/C10H18O2/c1-8(2)10(11)9-5-3-4-6-12-7-9/h8-9H,3-7H2,1-2H3. The van der Waals surface area contributed by atoms with Gasteiger partial charge in [0.15, 0.2) is 0 Å². The first-order valence-electron chi connectivity index (χ1n) is 4.83. The van der Waals surface area contributed by atoms with Gasteiger partial charge in [-0.1, -0.05) is 20.3 Å². The highest BCUT2D eigenvalue weighted by Gasteiger charge is 2.22. The number of hydrogen-bond acceptors (Lipinski definition) is 2. The molecule has 0 saturated carbocycles. The number of ketones is 1. The van der Waals surface area contributed by atoms with E-state index in [0.29, 0.717) is 12.4 Å². The predicted molar refractivity (Wildman–Crippen MR) is 48.0 cm³/mol. The first-order valence-corrected chi connectivity index (χ1v) is 4.83. The van der Waals surface area contributed by atoms with Gasteiger partial charge >= 0.3 is 0 Å². The van der Waals surface area contributed by atoms with E-state index >= 15 is 0 Å². The molecule has 2 heteroatoms. The molecule has 2 nitrogen and oxygen atoms in total. The molecular weight excluding hydrogens is 152 g/mol. The predicted octanol–water partition coefficient (Wildman–Crippen LogP) is 2.03. The van der Waals surface area contributed by atoms with Crippen LogP contribution < -0.4 is 0 Å². The van der Waals surface area contributed by atoms with Crippen LogP contribution in [0.3, 0.4) is 0 Å². The summed E-state index contributed by atoms with van der Waals surface area (Å²) >= 11 is 0. The number of Topliss-reactive ketones (excluding diaryl/α,β-unsaturated/α-hetero) is 1. The molecule has 1 aliphatic rings. The molecule has 1 heterocycles. The van der Waals surface area contributed by atoms with Gasteiger partial charge in [0, 0.05) is 18.4 Å². The number of ether oxygens (including phenoxy) is 1. The largest absolute Gasteiger partial charge is 0.381 e. The summed E-state index contributed by atoms with van der Waals surface area (Å²) in [6.07, 6.45) is 3.28. The van der Waals surface area contributed by atoms with Crippen molar-refractivity contribution in [3.05, 3.63) is 0 Å². The van der Waals surface area contributed by atoms with E-state index in [4.69, 9.17) is 4.74 Å². The second-order valence-corrected chi connectivity index (χ2v) is 3.82. The first kappa shape index (κ1) is 9.72. The summed E-state index contributed by atoms with van der Waals surface area (Å²) in [7, 11) is 0. The maximum Gasteiger partial charge on any atom is 0.140 e. The third-order valence-corrected chi connectivity index (χ3v) is 2.38. The molecule has 1 aliphatic heterocycles. The van der Waals surface area contributed by atoms with Crippen molar-refractivity contribution in [1.82, 2.24) is 0 Å². The van der Waals surface area contributed by atoms with Crippen molar-refractivity contribution in [3.8, 4) is 0 Å². The molecule has 70 valence electrons. The molecule has 1 atom stereocenters. The van der Waals surface area contributed by atoms with Crippen molar-refractivity contribution in [2.45, 2.75) is 33.1 Å². The molecule has 1 unspecified atom stereocenters. The first-order chi connectivity index (χ1) is 5.72. The molecule has 1 saturated heterocycles. The summed E-state index contributed by atoms with van der Waals surface area (Å²) < 4.78 is 5.36. The molecule has 0 aromatic carbocycles. The van der Waals surface area contributed by atoms with Crippen LogP contribution in [0.2, 0.25) is 0 Å². The zero-order valence-electron chi connectivity index (χ0n) is 8.01. The van der Waals surface area contributed by atoms with Crippen molar-refractivity contribution >= 4 is 5.78 Å². The fourth-order valence-corrected chi connectivity index (χ4v) is 1.60. The van der Waals surface area contributed by atoms with Gasteiger partial charge in [-0.25, -0.2) is 0 Å². The van der Waals surface area contributed by atoms with Crippen LogP contribution in [-0.4, -0.2) is 19.0 Å². The Labute approximate surface area is 74.3 Å². The van der Waals surface area contributed by atoms with Crippen molar-refractivity contribution in [2.75, 3.05) is 13.2 Å². The second kappa shape index (κ2) is 4.61. The van der Waals surface area contributed by atoms with Gasteiger partial charge in [0.05, 0.1) is 6.61 Å². The summed E-state index contributed by atoms with van der Waals surface area (Å²) in [6.45, 7) is 5.42. The summed E-state index contributed by atoms with van der Waals surface area (Å²) in [5.41, 5.74) is 0. The molecule has 12 heavy (non-hydrogen) atoms. The molecule has 0 bridgehead atoms. The van der Waals surface area contributed by atoms with Gasteiger partial charge < -0.3 is 4.74 Å². The van der Waals surface area contributed by atoms with Gasteiger partial charge in [0.1, 0.15) is 5.78 Å². The summed E-state index contributed by atoms with van der Waals surface area (Å²) in [4.78, 5) is 11.6. The van der Waals surface area contributed by atoms with Gasteiger partial charge in [-0.15, -0.1) is 0 Å². The van der Waals surface area contributed by atoms with Gasteiger partial charge in [-0.3, -0.25) is 4.79 Å². The molecule has 0 N–H and O–H groups in total. The summed E-state index contributed by atoms with van der Waals surface area (Å²) in [5, 5.41) is 0. The van der Waals surface area contributed by atoms with Crippen LogP contribution in [0.25, 0.3) is 0 Å². The topological polar surface area (TPSA) is 26.3 Å². The van der Waals surface area contributed by atoms with Crippen LogP contribution in [0.5, 0.6) is 0 Å². The Kier molecular flexibility index (Phi) is 3.73. The van der Waals surface area contributed by atoms with E-state index in [-0.39, 0.29) is 11.8 Å². The zero-order chi connectivity index (χ0) is 8.97. The van der Waals surface area contributed by atoms with E-state index in [1.165, 1.54) is 0 Å². The van der Waals surface area contributed by atoms with Crippen LogP contribution in [0.1, 0.15) is 33.1 Å². The Balaban J connectivity index is 2.43. The normalized spacial score (nSPS) is 25.4. The Hall–Kier alpha value is -0.370. The number of rotatable bonds is 2. The van der Waals surface area contributed by atoms with E-state index in [1.807, 2.05) is 13.8 Å². The van der Waals surface area contributed by atoms with E-state index in [2.05, 4.69) is 0 Å². The molecule has 1 rings (SSSR count). The molecule has 1 fully saturated rings. The van der Waals surface area contributed by atoms with Crippen LogP contribution in [0, 0.1) is 11.8 Å². The van der Waals surface area contributed by atoms with Gasteiger partial charge in [-0.05, 0) is 12.8 Å². The monoisotopic (exact) mass is 170 g/mol.